The van der Waals surface area contributed by atoms with E-state index in [0.717, 1.165) is 32.7 Å². The summed E-state index contributed by atoms with van der Waals surface area (Å²) < 4.78 is 13.3. The van der Waals surface area contributed by atoms with Crippen LogP contribution in [0.15, 0.2) is 28.1 Å². The van der Waals surface area contributed by atoms with E-state index in [-0.39, 0.29) is 18.3 Å². The van der Waals surface area contributed by atoms with Crippen molar-refractivity contribution in [1.29, 1.82) is 0 Å². The molecule has 29 heavy (non-hydrogen) atoms. The molecular formula is C19H21BrClN3O3S2. The molecule has 1 aliphatic rings. The number of carbonyl (C=O) groups is 1. The molecule has 156 valence electrons. The van der Waals surface area contributed by atoms with E-state index in [2.05, 4.69) is 20.8 Å². The fourth-order valence-corrected chi connectivity index (χ4v) is 5.29. The number of thiophene rings is 1. The summed E-state index contributed by atoms with van der Waals surface area (Å²) in [7, 11) is 4.06. The normalized spacial score (nSPS) is 12.8. The number of nitrogens with zero attached hydrogens (tertiary/aromatic N) is 3. The zero-order valence-electron chi connectivity index (χ0n) is 16.0. The number of benzene rings is 1. The number of halogens is 2. The Hall–Kier alpha value is -1.39. The Labute approximate surface area is 192 Å². The fraction of sp³-hybridized carbons (Fsp3) is 0.368. The minimum atomic E-state index is -0.0224. The zero-order valence-corrected chi connectivity index (χ0v) is 20.0. The molecule has 0 bridgehead atoms. The van der Waals surface area contributed by atoms with Gasteiger partial charge in [-0.25, -0.2) is 4.98 Å². The van der Waals surface area contributed by atoms with Crippen LogP contribution < -0.4 is 14.4 Å². The topological polar surface area (TPSA) is 54.9 Å². The lowest BCUT2D eigenvalue weighted by atomic mass is 10.3. The van der Waals surface area contributed by atoms with E-state index in [4.69, 9.17) is 14.5 Å². The highest BCUT2D eigenvalue weighted by atomic mass is 79.9. The third-order valence-corrected chi connectivity index (χ3v) is 6.94. The van der Waals surface area contributed by atoms with E-state index in [1.165, 1.54) is 22.7 Å². The second-order valence-electron chi connectivity index (χ2n) is 6.68. The second kappa shape index (κ2) is 9.61. The lowest BCUT2D eigenvalue weighted by Gasteiger charge is -2.20. The largest absolute Gasteiger partial charge is 0.486 e. The monoisotopic (exact) mass is 517 g/mol. The summed E-state index contributed by atoms with van der Waals surface area (Å²) in [6, 6.07) is 7.60. The average molecular weight is 519 g/mol. The molecular weight excluding hydrogens is 498 g/mol. The summed E-state index contributed by atoms with van der Waals surface area (Å²) >= 11 is 6.39. The molecule has 0 saturated carbocycles. The third-order valence-electron chi connectivity index (χ3n) is 4.29. The number of rotatable bonds is 6. The van der Waals surface area contributed by atoms with Crippen molar-refractivity contribution in [3.8, 4) is 11.5 Å². The molecule has 6 nitrogen and oxygen atoms in total. The maximum atomic E-state index is 13.2. The summed E-state index contributed by atoms with van der Waals surface area (Å²) in [5.74, 6) is 1.43. The summed E-state index contributed by atoms with van der Waals surface area (Å²) in [6.07, 6.45) is 0.865. The van der Waals surface area contributed by atoms with Crippen molar-refractivity contribution in [2.75, 3.05) is 45.3 Å². The molecule has 1 aromatic carbocycles. The van der Waals surface area contributed by atoms with E-state index < -0.39 is 0 Å². The van der Waals surface area contributed by atoms with Crippen LogP contribution in [-0.4, -0.2) is 56.2 Å². The van der Waals surface area contributed by atoms with Crippen molar-refractivity contribution in [2.45, 2.75) is 6.42 Å². The molecule has 3 aromatic rings. The highest BCUT2D eigenvalue weighted by Crippen LogP contribution is 2.39. The molecule has 1 amide bonds. The zero-order chi connectivity index (χ0) is 19.7. The van der Waals surface area contributed by atoms with Gasteiger partial charge in [-0.2, -0.15) is 0 Å². The lowest BCUT2D eigenvalue weighted by molar-refractivity contribution is 0.0990. The van der Waals surface area contributed by atoms with Crippen molar-refractivity contribution in [2.24, 2.45) is 0 Å². The Bertz CT molecular complexity index is 965. The van der Waals surface area contributed by atoms with Crippen molar-refractivity contribution in [3.63, 3.8) is 0 Å². The molecule has 3 heterocycles. The SMILES string of the molecule is CN(C)CCCN(C(=O)c1ccc(Br)s1)c1nc2cc3c(cc2s1)OCCO3.Cl. The smallest absolute Gasteiger partial charge is 0.270 e. The van der Waals surface area contributed by atoms with Gasteiger partial charge in [0.05, 0.1) is 18.9 Å². The number of hydrogen-bond acceptors (Lipinski definition) is 7. The Morgan fingerprint density at radius 2 is 1.86 bits per heavy atom. The first kappa shape index (κ1) is 22.3. The van der Waals surface area contributed by atoms with E-state index in [9.17, 15) is 4.79 Å². The van der Waals surface area contributed by atoms with Gasteiger partial charge in [-0.05, 0) is 55.1 Å². The molecule has 0 radical (unpaired) electrons. The molecule has 0 N–H and O–H groups in total. The Balaban J connectivity index is 0.00000240. The van der Waals surface area contributed by atoms with Gasteiger partial charge in [0, 0.05) is 18.7 Å². The standard InChI is InChI=1S/C19H20BrN3O3S2.ClH/c1-22(2)6-3-7-23(18(24)15-4-5-17(20)27-15)19-21-12-10-13-14(11-16(12)28-19)26-9-8-25-13;/h4-5,10-11H,3,6-9H2,1-2H3;1H. The predicted octanol–water partition coefficient (Wildman–Crippen LogP) is 4.91. The molecule has 10 heteroatoms. The van der Waals surface area contributed by atoms with Crippen LogP contribution in [0.2, 0.25) is 0 Å². The van der Waals surface area contributed by atoms with Gasteiger partial charge in [0.2, 0.25) is 0 Å². The molecule has 0 unspecified atom stereocenters. The summed E-state index contributed by atoms with van der Waals surface area (Å²) in [6.45, 7) is 2.60. The van der Waals surface area contributed by atoms with Crippen LogP contribution >= 0.6 is 51.0 Å². The number of thiazole rings is 1. The van der Waals surface area contributed by atoms with Crippen LogP contribution in [0.1, 0.15) is 16.1 Å². The second-order valence-corrected chi connectivity index (χ2v) is 10.1. The van der Waals surface area contributed by atoms with Crippen molar-refractivity contribution in [1.82, 2.24) is 9.88 Å². The minimum Gasteiger partial charge on any atom is -0.486 e. The van der Waals surface area contributed by atoms with E-state index in [1.807, 2.05) is 38.4 Å². The molecule has 0 saturated heterocycles. The van der Waals surface area contributed by atoms with Gasteiger partial charge in [-0.15, -0.1) is 23.7 Å². The molecule has 4 rings (SSSR count). The molecule has 2 aromatic heterocycles. The third kappa shape index (κ3) is 5.03. The first-order chi connectivity index (χ1) is 13.5. The van der Waals surface area contributed by atoms with Crippen molar-refractivity contribution in [3.05, 3.63) is 32.9 Å². The maximum Gasteiger partial charge on any atom is 0.270 e. The Morgan fingerprint density at radius 3 is 2.52 bits per heavy atom. The average Bonchev–Trinajstić information content (AvgIpc) is 3.28. The summed E-state index contributed by atoms with van der Waals surface area (Å²) in [5.41, 5.74) is 0.821. The van der Waals surface area contributed by atoms with Crippen LogP contribution in [0.25, 0.3) is 10.2 Å². The van der Waals surface area contributed by atoms with Crippen LogP contribution in [0.4, 0.5) is 5.13 Å². The van der Waals surface area contributed by atoms with E-state index in [0.29, 0.717) is 35.5 Å². The lowest BCUT2D eigenvalue weighted by Crippen LogP contribution is -2.32. The number of fused-ring (bicyclic) bond motifs is 2. The Kier molecular flexibility index (Phi) is 7.39. The Morgan fingerprint density at radius 1 is 1.14 bits per heavy atom. The highest BCUT2D eigenvalue weighted by molar-refractivity contribution is 9.11. The summed E-state index contributed by atoms with van der Waals surface area (Å²) in [4.78, 5) is 22.5. The number of aromatic nitrogens is 1. The van der Waals surface area contributed by atoms with Crippen LogP contribution in [0, 0.1) is 0 Å². The summed E-state index contributed by atoms with van der Waals surface area (Å²) in [5, 5.41) is 0.700. The van der Waals surface area contributed by atoms with Gasteiger partial charge in [0.25, 0.3) is 5.91 Å². The molecule has 1 aliphatic heterocycles. The minimum absolute atomic E-state index is 0. The van der Waals surface area contributed by atoms with Crippen LogP contribution in [-0.2, 0) is 0 Å². The van der Waals surface area contributed by atoms with Gasteiger partial charge < -0.3 is 14.4 Å². The number of carbonyl (C=O) groups excluding carboxylic acids is 1. The molecule has 0 fully saturated rings. The highest BCUT2D eigenvalue weighted by Gasteiger charge is 2.23. The number of amides is 1. The predicted molar refractivity (Wildman–Crippen MR) is 125 cm³/mol. The quantitative estimate of drug-likeness (QED) is 0.464. The van der Waals surface area contributed by atoms with Crippen molar-refractivity contribution < 1.29 is 14.3 Å². The van der Waals surface area contributed by atoms with E-state index in [1.54, 1.807) is 4.90 Å². The maximum absolute atomic E-state index is 13.2. The first-order valence-corrected chi connectivity index (χ1v) is 11.4. The molecule has 0 spiro atoms. The number of anilines is 1. The van der Waals surface area contributed by atoms with Gasteiger partial charge in [-0.1, -0.05) is 11.3 Å². The fourth-order valence-electron chi connectivity index (χ4n) is 2.96. The van der Waals surface area contributed by atoms with Gasteiger partial charge in [0.1, 0.15) is 13.2 Å². The van der Waals surface area contributed by atoms with Gasteiger partial charge in [0.15, 0.2) is 16.6 Å². The molecule has 0 aliphatic carbocycles. The number of ether oxygens (including phenoxy) is 2. The first-order valence-electron chi connectivity index (χ1n) is 8.93. The van der Waals surface area contributed by atoms with E-state index >= 15 is 0 Å². The van der Waals surface area contributed by atoms with Gasteiger partial charge in [-0.3, -0.25) is 9.69 Å². The molecule has 0 atom stereocenters. The van der Waals surface area contributed by atoms with Crippen LogP contribution in [0.5, 0.6) is 11.5 Å². The van der Waals surface area contributed by atoms with Crippen molar-refractivity contribution >= 4 is 72.3 Å². The van der Waals surface area contributed by atoms with Crippen LogP contribution in [0.3, 0.4) is 0 Å². The van der Waals surface area contributed by atoms with Gasteiger partial charge >= 0.3 is 0 Å². The number of hydrogen-bond donors (Lipinski definition) is 0.